The molecule has 1 aliphatic heterocycles. The molecule has 1 saturated heterocycles. The van der Waals surface area contributed by atoms with Crippen LogP contribution >= 0.6 is 0 Å². The summed E-state index contributed by atoms with van der Waals surface area (Å²) < 4.78 is 18.3. The van der Waals surface area contributed by atoms with Crippen molar-refractivity contribution in [3.8, 4) is 0 Å². The van der Waals surface area contributed by atoms with Crippen LogP contribution in [0.3, 0.4) is 0 Å². The van der Waals surface area contributed by atoms with Gasteiger partial charge in [-0.1, -0.05) is 109 Å². The second-order valence-corrected chi connectivity index (χ2v) is 9.96. The van der Waals surface area contributed by atoms with Crippen LogP contribution in [-0.2, 0) is 29.2 Å². The van der Waals surface area contributed by atoms with E-state index in [1.807, 2.05) is 84.9 Å². The fourth-order valence-electron chi connectivity index (χ4n) is 5.68. The molecule has 0 aliphatic carbocycles. The summed E-state index contributed by atoms with van der Waals surface area (Å²) in [5, 5.41) is 3.34. The largest absolute Gasteiger partial charge is 0.456 e. The zero-order chi connectivity index (χ0) is 28.0. The van der Waals surface area contributed by atoms with E-state index in [9.17, 15) is 9.59 Å². The first-order valence-electron chi connectivity index (χ1n) is 13.5. The smallest absolute Gasteiger partial charge is 0.303 e. The number of benzene rings is 4. The molecule has 4 unspecified atom stereocenters. The Kier molecular flexibility index (Phi) is 8.27. The fourth-order valence-corrected chi connectivity index (χ4v) is 5.68. The molecule has 5 rings (SSSR count). The number of para-hydroxylation sites is 1. The highest BCUT2D eigenvalue weighted by Crippen LogP contribution is 2.46. The lowest BCUT2D eigenvalue weighted by molar-refractivity contribution is -0.163. The Morgan fingerprint density at radius 3 is 1.48 bits per heavy atom. The van der Waals surface area contributed by atoms with E-state index < -0.39 is 41.9 Å². The minimum absolute atomic E-state index is 0.424. The second kappa shape index (κ2) is 12.2. The van der Waals surface area contributed by atoms with Crippen molar-refractivity contribution >= 4 is 17.6 Å². The molecule has 4 atom stereocenters. The molecule has 0 aromatic heterocycles. The van der Waals surface area contributed by atoms with E-state index >= 15 is 0 Å². The van der Waals surface area contributed by atoms with Crippen molar-refractivity contribution in [2.24, 2.45) is 0 Å². The van der Waals surface area contributed by atoms with Crippen LogP contribution < -0.4 is 5.32 Å². The summed E-state index contributed by atoms with van der Waals surface area (Å²) in [5.74, 6) is -0.951. The highest BCUT2D eigenvalue weighted by Gasteiger charge is 2.52. The maximum Gasteiger partial charge on any atom is 0.303 e. The summed E-state index contributed by atoms with van der Waals surface area (Å²) in [6, 6.07) is 40.3. The zero-order valence-corrected chi connectivity index (χ0v) is 22.6. The molecule has 6 nitrogen and oxygen atoms in total. The Morgan fingerprint density at radius 2 is 1.05 bits per heavy atom. The third kappa shape index (κ3) is 5.77. The van der Waals surface area contributed by atoms with Gasteiger partial charge in [-0.05, 0) is 35.2 Å². The summed E-state index contributed by atoms with van der Waals surface area (Å²) in [7, 11) is 0. The van der Waals surface area contributed by atoms with Crippen LogP contribution in [0.1, 0.15) is 37.0 Å². The third-order valence-corrected chi connectivity index (χ3v) is 7.30. The maximum absolute atomic E-state index is 12.4. The number of rotatable bonds is 9. The van der Waals surface area contributed by atoms with E-state index in [1.165, 1.54) is 13.8 Å². The van der Waals surface area contributed by atoms with Crippen LogP contribution in [0.5, 0.6) is 0 Å². The SMILES string of the molecule is CC(=O)OC1C(CC(c2ccccc2)(c2ccccc2)c2ccccc2)OC(Nc2ccccc2)C1OC(C)=O. The summed E-state index contributed by atoms with van der Waals surface area (Å²) >= 11 is 0. The molecule has 4 aromatic rings. The molecular weight excluding hydrogens is 502 g/mol. The van der Waals surface area contributed by atoms with Crippen molar-refractivity contribution in [2.75, 3.05) is 5.32 Å². The van der Waals surface area contributed by atoms with Crippen LogP contribution in [0.15, 0.2) is 121 Å². The Morgan fingerprint density at radius 1 is 0.650 bits per heavy atom. The van der Waals surface area contributed by atoms with Crippen molar-refractivity contribution in [2.45, 2.75) is 50.2 Å². The number of carbonyl (C=O) groups is 2. The second-order valence-electron chi connectivity index (χ2n) is 9.96. The van der Waals surface area contributed by atoms with Crippen molar-refractivity contribution in [3.05, 3.63) is 138 Å². The zero-order valence-electron chi connectivity index (χ0n) is 22.6. The number of esters is 2. The van der Waals surface area contributed by atoms with Gasteiger partial charge >= 0.3 is 11.9 Å². The third-order valence-electron chi connectivity index (χ3n) is 7.30. The Balaban J connectivity index is 1.64. The molecule has 0 spiro atoms. The van der Waals surface area contributed by atoms with Gasteiger partial charge in [0.1, 0.15) is 6.10 Å². The molecule has 0 bridgehead atoms. The van der Waals surface area contributed by atoms with Gasteiger partial charge in [-0.15, -0.1) is 0 Å². The lowest BCUT2D eigenvalue weighted by Gasteiger charge is -2.38. The average Bonchev–Trinajstić information content (AvgIpc) is 3.27. The summed E-state index contributed by atoms with van der Waals surface area (Å²) in [4.78, 5) is 24.6. The van der Waals surface area contributed by atoms with E-state index in [0.717, 1.165) is 22.4 Å². The highest BCUT2D eigenvalue weighted by atomic mass is 16.6. The van der Waals surface area contributed by atoms with Crippen LogP contribution in [0.4, 0.5) is 5.69 Å². The first-order valence-corrected chi connectivity index (χ1v) is 13.5. The molecule has 1 aliphatic rings. The van der Waals surface area contributed by atoms with Crippen molar-refractivity contribution in [1.29, 1.82) is 0 Å². The molecule has 6 heteroatoms. The molecule has 1 heterocycles. The van der Waals surface area contributed by atoms with Gasteiger partial charge in [0.15, 0.2) is 18.4 Å². The Bertz CT molecular complexity index is 1300. The quantitative estimate of drug-likeness (QED) is 0.206. The lowest BCUT2D eigenvalue weighted by atomic mass is 9.66. The summed E-state index contributed by atoms with van der Waals surface area (Å²) in [5.41, 5.74) is 3.35. The van der Waals surface area contributed by atoms with E-state index in [4.69, 9.17) is 14.2 Å². The van der Waals surface area contributed by atoms with Gasteiger partial charge in [0.25, 0.3) is 0 Å². The normalized spacial score (nSPS) is 20.4. The van der Waals surface area contributed by atoms with Crippen LogP contribution in [0.25, 0.3) is 0 Å². The van der Waals surface area contributed by atoms with Crippen molar-refractivity contribution in [3.63, 3.8) is 0 Å². The molecular formula is C34H33NO5. The number of hydrogen-bond acceptors (Lipinski definition) is 6. The molecule has 0 amide bonds. The Labute approximate surface area is 234 Å². The average molecular weight is 536 g/mol. The number of carbonyl (C=O) groups excluding carboxylic acids is 2. The predicted molar refractivity (Wildman–Crippen MR) is 154 cm³/mol. The number of nitrogens with one attached hydrogen (secondary N) is 1. The molecule has 204 valence electrons. The van der Waals surface area contributed by atoms with Gasteiger partial charge < -0.3 is 19.5 Å². The summed E-state index contributed by atoms with van der Waals surface area (Å²) in [6.07, 6.45) is -2.62. The van der Waals surface area contributed by atoms with E-state index in [0.29, 0.717) is 6.42 Å². The molecule has 1 fully saturated rings. The maximum atomic E-state index is 12.4. The fraction of sp³-hybridized carbons (Fsp3) is 0.235. The summed E-state index contributed by atoms with van der Waals surface area (Å²) in [6.45, 7) is 2.71. The van der Waals surface area contributed by atoms with E-state index in [2.05, 4.69) is 41.7 Å². The van der Waals surface area contributed by atoms with E-state index in [1.54, 1.807) is 0 Å². The van der Waals surface area contributed by atoms with Gasteiger partial charge in [-0.3, -0.25) is 9.59 Å². The molecule has 1 N–H and O–H groups in total. The number of ether oxygens (including phenoxy) is 3. The molecule has 0 radical (unpaired) electrons. The van der Waals surface area contributed by atoms with Crippen LogP contribution in [-0.4, -0.2) is 36.5 Å². The standard InChI is InChI=1S/C34H33NO5/c1-24(36)38-31-30(40-33(32(31)39-25(2)37)35-29-21-13-6-14-22-29)23-34(26-15-7-3-8-16-26,27-17-9-4-10-18-27)28-19-11-5-12-20-28/h3-22,30-33,35H,23H2,1-2H3. The monoisotopic (exact) mass is 535 g/mol. The topological polar surface area (TPSA) is 73.9 Å². The molecule has 40 heavy (non-hydrogen) atoms. The lowest BCUT2D eigenvalue weighted by Crippen LogP contribution is -2.44. The molecule has 0 saturated carbocycles. The highest BCUT2D eigenvalue weighted by molar-refractivity contribution is 5.68. The van der Waals surface area contributed by atoms with Crippen molar-refractivity contribution in [1.82, 2.24) is 0 Å². The van der Waals surface area contributed by atoms with E-state index in [-0.39, 0.29) is 0 Å². The van der Waals surface area contributed by atoms with Gasteiger partial charge in [0, 0.05) is 24.9 Å². The number of anilines is 1. The van der Waals surface area contributed by atoms with Gasteiger partial charge in [-0.25, -0.2) is 0 Å². The minimum atomic E-state index is -0.855. The minimum Gasteiger partial charge on any atom is -0.456 e. The first kappa shape index (κ1) is 27.2. The number of hydrogen-bond donors (Lipinski definition) is 1. The van der Waals surface area contributed by atoms with Gasteiger partial charge in [-0.2, -0.15) is 0 Å². The van der Waals surface area contributed by atoms with Crippen LogP contribution in [0.2, 0.25) is 0 Å². The first-order chi connectivity index (χ1) is 19.5. The predicted octanol–water partition coefficient (Wildman–Crippen LogP) is 6.11. The van der Waals surface area contributed by atoms with Gasteiger partial charge in [0.05, 0.1) is 0 Å². The van der Waals surface area contributed by atoms with Crippen LogP contribution in [0, 0.1) is 0 Å². The van der Waals surface area contributed by atoms with Gasteiger partial charge in [0.2, 0.25) is 0 Å². The molecule has 4 aromatic carbocycles. The Hall–Kier alpha value is -4.42. The van der Waals surface area contributed by atoms with Crippen molar-refractivity contribution < 1.29 is 23.8 Å².